The maximum atomic E-state index is 12.6. The van der Waals surface area contributed by atoms with Gasteiger partial charge in [0.25, 0.3) is 0 Å². The minimum absolute atomic E-state index is 0.337. The molecular weight excluding hydrogens is 461 g/mol. The summed E-state index contributed by atoms with van der Waals surface area (Å²) in [5.74, 6) is -2.25. The van der Waals surface area contributed by atoms with E-state index in [0.717, 1.165) is 12.1 Å². The van der Waals surface area contributed by atoms with Crippen LogP contribution in [0.3, 0.4) is 0 Å². The molecular formula is C19H23F3O9S. The van der Waals surface area contributed by atoms with Gasteiger partial charge >= 0.3 is 16.6 Å². The lowest BCUT2D eigenvalue weighted by Gasteiger charge is -2.36. The number of alkyl halides is 3. The zero-order chi connectivity index (χ0) is 23.5. The van der Waals surface area contributed by atoms with Gasteiger partial charge in [0.05, 0.1) is 12.2 Å². The van der Waals surface area contributed by atoms with Crippen LogP contribution in [0.1, 0.15) is 33.3 Å². The average Bonchev–Trinajstić information content (AvgIpc) is 3.13. The molecule has 32 heavy (non-hydrogen) atoms. The highest BCUT2D eigenvalue weighted by Gasteiger charge is 2.60. The van der Waals surface area contributed by atoms with Gasteiger partial charge in [0.2, 0.25) is 0 Å². The molecule has 4 rings (SSSR count). The summed E-state index contributed by atoms with van der Waals surface area (Å²) in [5.41, 5.74) is -0.943. The van der Waals surface area contributed by atoms with Crippen molar-refractivity contribution in [2.45, 2.75) is 76.2 Å². The van der Waals surface area contributed by atoms with Crippen molar-refractivity contribution in [3.8, 4) is 5.75 Å². The normalized spacial score (nSPS) is 33.5. The average molecular weight is 484 g/mol. The van der Waals surface area contributed by atoms with E-state index in [1.54, 1.807) is 27.7 Å². The second kappa shape index (κ2) is 7.79. The van der Waals surface area contributed by atoms with Crippen molar-refractivity contribution >= 4 is 10.4 Å². The van der Waals surface area contributed by atoms with E-state index in [-0.39, 0.29) is 5.75 Å². The second-order valence-electron chi connectivity index (χ2n) is 8.51. The predicted octanol–water partition coefficient (Wildman–Crippen LogP) is 2.74. The van der Waals surface area contributed by atoms with Gasteiger partial charge in [-0.1, -0.05) is 0 Å². The first-order valence-corrected chi connectivity index (χ1v) is 11.1. The molecule has 3 heterocycles. The van der Waals surface area contributed by atoms with Crippen LogP contribution in [0.4, 0.5) is 13.2 Å². The van der Waals surface area contributed by atoms with Crippen molar-refractivity contribution in [3.05, 3.63) is 29.8 Å². The first-order chi connectivity index (χ1) is 14.6. The van der Waals surface area contributed by atoms with E-state index in [1.807, 2.05) is 0 Å². The molecule has 3 fully saturated rings. The van der Waals surface area contributed by atoms with Gasteiger partial charge in [0.15, 0.2) is 17.9 Å². The second-order valence-corrected chi connectivity index (χ2v) is 9.72. The Kier molecular flexibility index (Phi) is 5.76. The van der Waals surface area contributed by atoms with Gasteiger partial charge in [-0.05, 0) is 52.0 Å². The van der Waals surface area contributed by atoms with Crippen LogP contribution in [-0.4, -0.2) is 57.3 Å². The molecule has 0 saturated carbocycles. The van der Waals surface area contributed by atoms with E-state index in [1.165, 1.54) is 0 Å². The van der Waals surface area contributed by atoms with Crippen molar-refractivity contribution in [1.82, 2.24) is 0 Å². The summed E-state index contributed by atoms with van der Waals surface area (Å²) in [5, 5.41) is 0. The monoisotopic (exact) mass is 484 g/mol. The molecule has 0 aromatic heterocycles. The van der Waals surface area contributed by atoms with E-state index in [4.69, 9.17) is 32.1 Å². The number of hydrogen-bond acceptors (Lipinski definition) is 9. The summed E-state index contributed by atoms with van der Waals surface area (Å²) < 4.78 is 101. The number of rotatable bonds is 5. The standard InChI is InChI=1S/C19H23F3O9S/c1-17(2)27-13-12(26-16-15(14(13)28-17)29-18(3,4)30-16)9-25-32(23,24)31-11-7-5-10(6-8-11)19(20,21)22/h5-8,12-16H,9H2,1-4H3/t12?,13-,14-,15?,16+/m0/s1. The van der Waals surface area contributed by atoms with Crippen molar-refractivity contribution in [3.63, 3.8) is 0 Å². The molecule has 0 radical (unpaired) electrons. The number of hydrogen-bond donors (Lipinski definition) is 0. The fraction of sp³-hybridized carbons (Fsp3) is 0.684. The SMILES string of the molecule is CC1(C)OC2[C@H](OC(COS(=O)(=O)Oc3ccc(C(F)(F)F)cc3)[C@@H]3OC(C)(C)O[C@H]23)O1. The van der Waals surface area contributed by atoms with E-state index < -0.39 is 71.0 Å². The third kappa shape index (κ3) is 5.03. The van der Waals surface area contributed by atoms with Gasteiger partial charge in [-0.2, -0.15) is 21.6 Å². The van der Waals surface area contributed by atoms with E-state index in [2.05, 4.69) is 0 Å². The van der Waals surface area contributed by atoms with Gasteiger partial charge in [0.1, 0.15) is 30.2 Å². The topological polar surface area (TPSA) is 98.8 Å². The van der Waals surface area contributed by atoms with Gasteiger partial charge in [-0.15, -0.1) is 0 Å². The molecule has 3 aliphatic rings. The van der Waals surface area contributed by atoms with Crippen LogP contribution in [0.2, 0.25) is 0 Å². The molecule has 0 aliphatic carbocycles. The third-order valence-corrected chi connectivity index (χ3v) is 5.83. The van der Waals surface area contributed by atoms with Gasteiger partial charge in [-0.25, -0.2) is 4.18 Å². The van der Waals surface area contributed by atoms with Crippen molar-refractivity contribution in [1.29, 1.82) is 0 Å². The Balaban J connectivity index is 1.43. The molecule has 3 saturated heterocycles. The number of ether oxygens (including phenoxy) is 5. The van der Waals surface area contributed by atoms with Crippen LogP contribution in [0.15, 0.2) is 24.3 Å². The highest BCUT2D eigenvalue weighted by Crippen LogP contribution is 2.44. The molecule has 3 aliphatic heterocycles. The summed E-state index contributed by atoms with van der Waals surface area (Å²) in [4.78, 5) is 0. The zero-order valence-electron chi connectivity index (χ0n) is 17.6. The lowest BCUT2D eigenvalue weighted by molar-refractivity contribution is -0.238. The Labute approximate surface area is 182 Å². The van der Waals surface area contributed by atoms with Gasteiger partial charge in [-0.3, -0.25) is 0 Å². The Morgan fingerprint density at radius 2 is 1.47 bits per heavy atom. The Morgan fingerprint density at radius 1 is 0.906 bits per heavy atom. The van der Waals surface area contributed by atoms with Crippen LogP contribution in [0.5, 0.6) is 5.75 Å². The quantitative estimate of drug-likeness (QED) is 0.625. The minimum Gasteiger partial charge on any atom is -0.362 e. The summed E-state index contributed by atoms with van der Waals surface area (Å²) >= 11 is 0. The molecule has 0 amide bonds. The van der Waals surface area contributed by atoms with E-state index >= 15 is 0 Å². The first kappa shape index (κ1) is 23.7. The van der Waals surface area contributed by atoms with Crippen LogP contribution in [-0.2, 0) is 44.4 Å². The first-order valence-electron chi connectivity index (χ1n) is 9.77. The van der Waals surface area contributed by atoms with E-state index in [0.29, 0.717) is 12.1 Å². The van der Waals surface area contributed by atoms with Crippen LogP contribution >= 0.6 is 0 Å². The highest BCUT2D eigenvalue weighted by atomic mass is 32.3. The Hall–Kier alpha value is -1.48. The molecule has 9 nitrogen and oxygen atoms in total. The van der Waals surface area contributed by atoms with Crippen LogP contribution < -0.4 is 4.18 Å². The molecule has 0 spiro atoms. The highest BCUT2D eigenvalue weighted by molar-refractivity contribution is 7.82. The predicted molar refractivity (Wildman–Crippen MR) is 99.5 cm³/mol. The van der Waals surface area contributed by atoms with Crippen LogP contribution in [0, 0.1) is 0 Å². The number of halogens is 3. The Morgan fingerprint density at radius 3 is 2.09 bits per heavy atom. The van der Waals surface area contributed by atoms with Crippen molar-refractivity contribution in [2.24, 2.45) is 0 Å². The molecule has 0 N–H and O–H groups in total. The lowest BCUT2D eigenvalue weighted by Crippen LogP contribution is -2.56. The molecule has 1 aromatic rings. The summed E-state index contributed by atoms with van der Waals surface area (Å²) in [6.07, 6.45) is -8.21. The summed E-state index contributed by atoms with van der Waals surface area (Å²) in [6, 6.07) is 3.16. The molecule has 2 unspecified atom stereocenters. The van der Waals surface area contributed by atoms with E-state index in [9.17, 15) is 21.6 Å². The molecule has 180 valence electrons. The largest absolute Gasteiger partial charge is 0.449 e. The van der Waals surface area contributed by atoms with Crippen molar-refractivity contribution in [2.75, 3.05) is 6.61 Å². The third-order valence-electron chi connectivity index (χ3n) is 5.01. The smallest absolute Gasteiger partial charge is 0.362 e. The van der Waals surface area contributed by atoms with Gasteiger partial charge < -0.3 is 27.9 Å². The van der Waals surface area contributed by atoms with Crippen LogP contribution in [0.25, 0.3) is 0 Å². The number of fused-ring (bicyclic) bond motifs is 3. The summed E-state index contributed by atoms with van der Waals surface area (Å²) in [7, 11) is -4.61. The molecule has 1 aromatic carbocycles. The maximum absolute atomic E-state index is 12.6. The maximum Gasteiger partial charge on any atom is 0.449 e. The molecule has 5 atom stereocenters. The Bertz CT molecular complexity index is 946. The van der Waals surface area contributed by atoms with Crippen molar-refractivity contribution < 1.29 is 53.6 Å². The fourth-order valence-electron chi connectivity index (χ4n) is 3.82. The lowest BCUT2D eigenvalue weighted by atomic mass is 9.99. The molecule has 0 bridgehead atoms. The fourth-order valence-corrected chi connectivity index (χ4v) is 4.52. The number of benzene rings is 1. The summed E-state index contributed by atoms with van der Waals surface area (Å²) in [6.45, 7) is 6.31. The zero-order valence-corrected chi connectivity index (χ0v) is 18.4. The minimum atomic E-state index is -4.61. The van der Waals surface area contributed by atoms with Gasteiger partial charge in [0, 0.05) is 0 Å². The molecule has 13 heteroatoms.